The van der Waals surface area contributed by atoms with Crippen molar-refractivity contribution < 1.29 is 4.74 Å². The normalized spacial score (nSPS) is 12.4. The van der Waals surface area contributed by atoms with Gasteiger partial charge in [-0.05, 0) is 19.0 Å². The Morgan fingerprint density at radius 2 is 2.06 bits per heavy atom. The second-order valence-corrected chi connectivity index (χ2v) is 4.12. The molecular formula is C14H20N2O. The quantitative estimate of drug-likeness (QED) is 0.678. The molecule has 0 saturated carbocycles. The molecule has 1 atom stereocenters. The van der Waals surface area contributed by atoms with E-state index in [4.69, 9.17) is 10.00 Å². The Morgan fingerprint density at radius 1 is 1.35 bits per heavy atom. The second-order valence-electron chi connectivity index (χ2n) is 4.12. The molecule has 0 aliphatic carbocycles. The van der Waals surface area contributed by atoms with E-state index in [0.29, 0.717) is 6.42 Å². The lowest BCUT2D eigenvalue weighted by Crippen LogP contribution is -2.26. The van der Waals surface area contributed by atoms with E-state index in [1.807, 2.05) is 18.2 Å². The molecule has 0 fully saturated rings. The lowest BCUT2D eigenvalue weighted by Gasteiger charge is -2.26. The van der Waals surface area contributed by atoms with Gasteiger partial charge in [0.05, 0.1) is 12.5 Å². The minimum absolute atomic E-state index is 0.179. The molecule has 3 heteroatoms. The highest BCUT2D eigenvalue weighted by Gasteiger charge is 2.15. The van der Waals surface area contributed by atoms with Crippen LogP contribution in [0.5, 0.6) is 0 Å². The van der Waals surface area contributed by atoms with Gasteiger partial charge in [-0.3, -0.25) is 4.90 Å². The summed E-state index contributed by atoms with van der Waals surface area (Å²) >= 11 is 0. The molecule has 92 valence electrons. The first-order chi connectivity index (χ1) is 8.29. The van der Waals surface area contributed by atoms with Gasteiger partial charge in [0.15, 0.2) is 0 Å². The summed E-state index contributed by atoms with van der Waals surface area (Å²) in [4.78, 5) is 2.22. The molecule has 3 nitrogen and oxygen atoms in total. The van der Waals surface area contributed by atoms with Crippen molar-refractivity contribution in [1.29, 1.82) is 5.26 Å². The Labute approximate surface area is 104 Å². The molecule has 1 aromatic rings. The van der Waals surface area contributed by atoms with Gasteiger partial charge in [-0.25, -0.2) is 0 Å². The van der Waals surface area contributed by atoms with Crippen LogP contribution in [0.4, 0.5) is 0 Å². The average molecular weight is 232 g/mol. The maximum absolute atomic E-state index is 8.92. The number of nitriles is 1. The lowest BCUT2D eigenvalue weighted by molar-refractivity contribution is 0.166. The summed E-state index contributed by atoms with van der Waals surface area (Å²) in [5.41, 5.74) is 1.20. The SMILES string of the molecule is COCCCN(C)C(CC#N)c1ccccc1. The number of methoxy groups -OCH3 is 1. The molecule has 0 aliphatic rings. The molecule has 1 rings (SSSR count). The number of rotatable bonds is 7. The standard InChI is InChI=1S/C14H20N2O/c1-16(11-6-12-17-2)14(9-10-15)13-7-4-3-5-8-13/h3-5,7-8,14H,6,9,11-12H2,1-2H3. The van der Waals surface area contributed by atoms with Gasteiger partial charge in [0, 0.05) is 26.3 Å². The largest absolute Gasteiger partial charge is 0.385 e. The topological polar surface area (TPSA) is 36.3 Å². The van der Waals surface area contributed by atoms with Crippen molar-refractivity contribution in [2.24, 2.45) is 0 Å². The molecule has 0 spiro atoms. The number of nitrogens with zero attached hydrogens (tertiary/aromatic N) is 2. The van der Waals surface area contributed by atoms with Gasteiger partial charge in [-0.15, -0.1) is 0 Å². The summed E-state index contributed by atoms with van der Waals surface area (Å²) in [5, 5.41) is 8.92. The van der Waals surface area contributed by atoms with Crippen molar-refractivity contribution in [3.63, 3.8) is 0 Å². The van der Waals surface area contributed by atoms with E-state index in [1.165, 1.54) is 5.56 Å². The summed E-state index contributed by atoms with van der Waals surface area (Å²) in [6.45, 7) is 1.70. The Hall–Kier alpha value is -1.37. The van der Waals surface area contributed by atoms with Gasteiger partial charge in [0.2, 0.25) is 0 Å². The summed E-state index contributed by atoms with van der Waals surface area (Å²) in [7, 11) is 3.77. The number of hydrogen-bond donors (Lipinski definition) is 0. The van der Waals surface area contributed by atoms with Crippen LogP contribution in [0.3, 0.4) is 0 Å². The van der Waals surface area contributed by atoms with Gasteiger partial charge in [-0.2, -0.15) is 5.26 Å². The van der Waals surface area contributed by atoms with E-state index < -0.39 is 0 Å². The third-order valence-electron chi connectivity index (χ3n) is 2.86. The number of ether oxygens (including phenoxy) is 1. The van der Waals surface area contributed by atoms with Crippen molar-refractivity contribution in [3.8, 4) is 6.07 Å². The molecule has 0 amide bonds. The van der Waals surface area contributed by atoms with Crippen LogP contribution in [0.25, 0.3) is 0 Å². The van der Waals surface area contributed by atoms with E-state index in [-0.39, 0.29) is 6.04 Å². The molecule has 0 radical (unpaired) electrons. The molecule has 0 heterocycles. The van der Waals surface area contributed by atoms with Gasteiger partial charge >= 0.3 is 0 Å². The molecule has 17 heavy (non-hydrogen) atoms. The van der Waals surface area contributed by atoms with E-state index in [2.05, 4.69) is 30.1 Å². The predicted octanol–water partition coefficient (Wildman–Crippen LogP) is 2.61. The fourth-order valence-electron chi connectivity index (χ4n) is 1.90. The van der Waals surface area contributed by atoms with E-state index in [1.54, 1.807) is 7.11 Å². The third-order valence-corrected chi connectivity index (χ3v) is 2.86. The third kappa shape index (κ3) is 4.56. The van der Waals surface area contributed by atoms with Crippen LogP contribution < -0.4 is 0 Å². The van der Waals surface area contributed by atoms with Crippen molar-refractivity contribution in [1.82, 2.24) is 4.90 Å². The Kier molecular flexibility index (Phi) is 6.31. The van der Waals surface area contributed by atoms with E-state index in [9.17, 15) is 0 Å². The minimum Gasteiger partial charge on any atom is -0.385 e. The first kappa shape index (κ1) is 13.7. The van der Waals surface area contributed by atoms with Gasteiger partial charge in [0.1, 0.15) is 0 Å². The fourth-order valence-corrected chi connectivity index (χ4v) is 1.90. The summed E-state index contributed by atoms with van der Waals surface area (Å²) < 4.78 is 5.05. The zero-order valence-corrected chi connectivity index (χ0v) is 10.6. The minimum atomic E-state index is 0.179. The van der Waals surface area contributed by atoms with Gasteiger partial charge in [0.25, 0.3) is 0 Å². The highest BCUT2D eigenvalue weighted by molar-refractivity contribution is 5.19. The molecule has 0 aromatic heterocycles. The smallest absolute Gasteiger partial charge is 0.0641 e. The molecule has 0 N–H and O–H groups in total. The van der Waals surface area contributed by atoms with Crippen molar-refractivity contribution >= 4 is 0 Å². The number of benzene rings is 1. The van der Waals surface area contributed by atoms with Crippen LogP contribution >= 0.6 is 0 Å². The van der Waals surface area contributed by atoms with Crippen molar-refractivity contribution in [2.75, 3.05) is 27.3 Å². The van der Waals surface area contributed by atoms with Crippen LogP contribution in [0, 0.1) is 11.3 Å². The molecular weight excluding hydrogens is 212 g/mol. The van der Waals surface area contributed by atoms with Crippen LogP contribution in [0.2, 0.25) is 0 Å². The van der Waals surface area contributed by atoms with Crippen LogP contribution in [0.15, 0.2) is 30.3 Å². The van der Waals surface area contributed by atoms with Crippen LogP contribution in [-0.2, 0) is 4.74 Å². The van der Waals surface area contributed by atoms with E-state index in [0.717, 1.165) is 19.6 Å². The van der Waals surface area contributed by atoms with Crippen molar-refractivity contribution in [2.45, 2.75) is 18.9 Å². The number of hydrogen-bond acceptors (Lipinski definition) is 3. The maximum atomic E-state index is 8.92. The second kappa shape index (κ2) is 7.83. The summed E-state index contributed by atoms with van der Waals surface area (Å²) in [6, 6.07) is 12.6. The lowest BCUT2D eigenvalue weighted by atomic mass is 10.0. The Balaban J connectivity index is 2.62. The highest BCUT2D eigenvalue weighted by atomic mass is 16.5. The zero-order valence-electron chi connectivity index (χ0n) is 10.6. The van der Waals surface area contributed by atoms with Crippen LogP contribution in [-0.4, -0.2) is 32.2 Å². The predicted molar refractivity (Wildman–Crippen MR) is 68.5 cm³/mol. The molecule has 1 unspecified atom stereocenters. The molecule has 1 aromatic carbocycles. The average Bonchev–Trinajstić information content (AvgIpc) is 2.37. The molecule has 0 saturated heterocycles. The monoisotopic (exact) mass is 232 g/mol. The highest BCUT2D eigenvalue weighted by Crippen LogP contribution is 2.22. The summed E-state index contributed by atoms with van der Waals surface area (Å²) in [6.07, 6.45) is 1.51. The Bertz CT molecular complexity index is 345. The first-order valence-corrected chi connectivity index (χ1v) is 5.90. The van der Waals surface area contributed by atoms with Crippen LogP contribution in [0.1, 0.15) is 24.4 Å². The molecule has 0 aliphatic heterocycles. The van der Waals surface area contributed by atoms with E-state index >= 15 is 0 Å². The summed E-state index contributed by atoms with van der Waals surface area (Å²) in [5.74, 6) is 0. The Morgan fingerprint density at radius 3 is 2.65 bits per heavy atom. The fraction of sp³-hybridized carbons (Fsp3) is 0.500. The zero-order chi connectivity index (χ0) is 12.5. The maximum Gasteiger partial charge on any atom is 0.0641 e. The molecule has 0 bridgehead atoms. The van der Waals surface area contributed by atoms with Gasteiger partial charge < -0.3 is 4.74 Å². The first-order valence-electron chi connectivity index (χ1n) is 5.90. The van der Waals surface area contributed by atoms with Crippen molar-refractivity contribution in [3.05, 3.63) is 35.9 Å². The van der Waals surface area contributed by atoms with Gasteiger partial charge in [-0.1, -0.05) is 30.3 Å².